The van der Waals surface area contributed by atoms with E-state index in [4.69, 9.17) is 9.47 Å². The molecule has 0 radical (unpaired) electrons. The SMILES string of the molecule is CCOc1ccc(C(C)(F)CC2COCCN2)cc1. The molecule has 0 amide bonds. The van der Waals surface area contributed by atoms with Crippen LogP contribution in [-0.2, 0) is 10.4 Å². The van der Waals surface area contributed by atoms with Gasteiger partial charge in [0.25, 0.3) is 0 Å². The fraction of sp³-hybridized carbons (Fsp3) is 0.600. The first-order chi connectivity index (χ1) is 9.12. The fourth-order valence-electron chi connectivity index (χ4n) is 2.40. The molecule has 19 heavy (non-hydrogen) atoms. The van der Waals surface area contributed by atoms with Crippen molar-refractivity contribution in [1.82, 2.24) is 5.32 Å². The molecular formula is C15H22FNO2. The molecule has 106 valence electrons. The van der Waals surface area contributed by atoms with Gasteiger partial charge in [-0.3, -0.25) is 0 Å². The Morgan fingerprint density at radius 1 is 1.42 bits per heavy atom. The van der Waals surface area contributed by atoms with Crippen LogP contribution in [0.5, 0.6) is 5.75 Å². The second kappa shape index (κ2) is 6.35. The Morgan fingerprint density at radius 2 is 2.16 bits per heavy atom. The number of halogens is 1. The Bertz CT molecular complexity index is 386. The smallest absolute Gasteiger partial charge is 0.134 e. The highest BCUT2D eigenvalue weighted by Crippen LogP contribution is 2.32. The summed E-state index contributed by atoms with van der Waals surface area (Å²) in [6, 6.07) is 7.32. The van der Waals surface area contributed by atoms with E-state index in [2.05, 4.69) is 5.32 Å². The van der Waals surface area contributed by atoms with Crippen LogP contribution in [0.3, 0.4) is 0 Å². The third-order valence-corrected chi connectivity index (χ3v) is 3.40. The quantitative estimate of drug-likeness (QED) is 0.889. The molecule has 1 aromatic carbocycles. The third-order valence-electron chi connectivity index (χ3n) is 3.40. The number of benzene rings is 1. The highest BCUT2D eigenvalue weighted by molar-refractivity contribution is 5.30. The number of nitrogens with one attached hydrogen (secondary N) is 1. The molecule has 2 rings (SSSR count). The standard InChI is InChI=1S/C15H22FNO2/c1-3-19-14-6-4-12(5-7-14)15(2,16)10-13-11-18-9-8-17-13/h4-7,13,17H,3,8-11H2,1-2H3. The minimum Gasteiger partial charge on any atom is -0.494 e. The van der Waals surface area contributed by atoms with Crippen molar-refractivity contribution >= 4 is 0 Å². The maximum absolute atomic E-state index is 14.8. The molecule has 1 heterocycles. The van der Waals surface area contributed by atoms with E-state index in [1.807, 2.05) is 19.1 Å². The summed E-state index contributed by atoms with van der Waals surface area (Å²) in [7, 11) is 0. The fourth-order valence-corrected chi connectivity index (χ4v) is 2.40. The van der Waals surface area contributed by atoms with Crippen LogP contribution in [0.25, 0.3) is 0 Å². The Kier molecular flexibility index (Phi) is 4.77. The molecule has 0 saturated carbocycles. The Morgan fingerprint density at radius 3 is 2.74 bits per heavy atom. The number of hydrogen-bond acceptors (Lipinski definition) is 3. The summed E-state index contributed by atoms with van der Waals surface area (Å²) in [6.45, 7) is 6.26. The van der Waals surface area contributed by atoms with Crippen molar-refractivity contribution in [1.29, 1.82) is 0 Å². The van der Waals surface area contributed by atoms with Crippen molar-refractivity contribution < 1.29 is 13.9 Å². The number of hydrogen-bond donors (Lipinski definition) is 1. The number of rotatable bonds is 5. The van der Waals surface area contributed by atoms with Gasteiger partial charge in [-0.15, -0.1) is 0 Å². The van der Waals surface area contributed by atoms with Gasteiger partial charge in [-0.25, -0.2) is 4.39 Å². The van der Waals surface area contributed by atoms with Gasteiger partial charge in [0, 0.05) is 19.0 Å². The van der Waals surface area contributed by atoms with Gasteiger partial charge in [0.1, 0.15) is 11.4 Å². The van der Waals surface area contributed by atoms with Gasteiger partial charge in [-0.1, -0.05) is 12.1 Å². The van der Waals surface area contributed by atoms with Crippen molar-refractivity contribution in [2.45, 2.75) is 32.0 Å². The van der Waals surface area contributed by atoms with E-state index in [0.29, 0.717) is 31.8 Å². The van der Waals surface area contributed by atoms with Crippen LogP contribution in [0.2, 0.25) is 0 Å². The average Bonchev–Trinajstić information content (AvgIpc) is 2.40. The summed E-state index contributed by atoms with van der Waals surface area (Å²) < 4.78 is 25.5. The summed E-state index contributed by atoms with van der Waals surface area (Å²) in [6.07, 6.45) is 0.418. The van der Waals surface area contributed by atoms with Gasteiger partial charge in [-0.05, 0) is 31.5 Å². The molecule has 2 atom stereocenters. The van der Waals surface area contributed by atoms with E-state index in [-0.39, 0.29) is 6.04 Å². The lowest BCUT2D eigenvalue weighted by Crippen LogP contribution is -2.44. The zero-order valence-electron chi connectivity index (χ0n) is 11.6. The van der Waals surface area contributed by atoms with Crippen LogP contribution in [0.1, 0.15) is 25.8 Å². The van der Waals surface area contributed by atoms with E-state index >= 15 is 0 Å². The molecule has 1 aliphatic heterocycles. The van der Waals surface area contributed by atoms with Crippen LogP contribution < -0.4 is 10.1 Å². The Hall–Kier alpha value is -1.13. The molecule has 1 aromatic rings. The van der Waals surface area contributed by atoms with Crippen molar-refractivity contribution in [3.63, 3.8) is 0 Å². The molecule has 0 aromatic heterocycles. The molecule has 0 spiro atoms. The van der Waals surface area contributed by atoms with E-state index in [0.717, 1.165) is 12.3 Å². The first kappa shape index (κ1) is 14.3. The summed E-state index contributed by atoms with van der Waals surface area (Å²) >= 11 is 0. The lowest BCUT2D eigenvalue weighted by molar-refractivity contribution is 0.0474. The lowest BCUT2D eigenvalue weighted by atomic mass is 9.90. The number of morpholine rings is 1. The number of ether oxygens (including phenoxy) is 2. The van der Waals surface area contributed by atoms with E-state index < -0.39 is 5.67 Å². The van der Waals surface area contributed by atoms with Gasteiger partial charge in [-0.2, -0.15) is 0 Å². The van der Waals surface area contributed by atoms with Gasteiger partial charge >= 0.3 is 0 Å². The number of alkyl halides is 1. The van der Waals surface area contributed by atoms with Crippen molar-refractivity contribution in [2.75, 3.05) is 26.4 Å². The molecule has 1 N–H and O–H groups in total. The first-order valence-corrected chi connectivity index (χ1v) is 6.85. The molecule has 0 aliphatic carbocycles. The van der Waals surface area contributed by atoms with Crippen molar-refractivity contribution in [3.8, 4) is 5.75 Å². The van der Waals surface area contributed by atoms with E-state index in [9.17, 15) is 4.39 Å². The highest BCUT2D eigenvalue weighted by Gasteiger charge is 2.30. The molecule has 2 unspecified atom stereocenters. The van der Waals surface area contributed by atoms with Crippen LogP contribution in [0, 0.1) is 0 Å². The largest absolute Gasteiger partial charge is 0.494 e. The van der Waals surface area contributed by atoms with Crippen molar-refractivity contribution in [2.24, 2.45) is 0 Å². The zero-order valence-corrected chi connectivity index (χ0v) is 11.6. The minimum atomic E-state index is -1.36. The third kappa shape index (κ3) is 3.91. The Balaban J connectivity index is 2.00. The molecular weight excluding hydrogens is 245 g/mol. The lowest BCUT2D eigenvalue weighted by Gasteiger charge is -2.30. The molecule has 1 fully saturated rings. The summed E-state index contributed by atoms with van der Waals surface area (Å²) in [4.78, 5) is 0. The molecule has 1 saturated heterocycles. The summed E-state index contributed by atoms with van der Waals surface area (Å²) in [5.41, 5.74) is -0.674. The average molecular weight is 267 g/mol. The second-order valence-electron chi connectivity index (χ2n) is 5.08. The van der Waals surface area contributed by atoms with Gasteiger partial charge in [0.15, 0.2) is 0 Å². The summed E-state index contributed by atoms with van der Waals surface area (Å²) in [5, 5.41) is 3.29. The first-order valence-electron chi connectivity index (χ1n) is 6.85. The van der Waals surface area contributed by atoms with Crippen LogP contribution >= 0.6 is 0 Å². The van der Waals surface area contributed by atoms with Gasteiger partial charge < -0.3 is 14.8 Å². The predicted molar refractivity (Wildman–Crippen MR) is 73.3 cm³/mol. The maximum atomic E-state index is 14.8. The molecule has 4 heteroatoms. The molecule has 3 nitrogen and oxygen atoms in total. The normalized spacial score (nSPS) is 22.8. The molecule has 1 aliphatic rings. The van der Waals surface area contributed by atoms with Crippen molar-refractivity contribution in [3.05, 3.63) is 29.8 Å². The highest BCUT2D eigenvalue weighted by atomic mass is 19.1. The Labute approximate surface area is 114 Å². The van der Waals surface area contributed by atoms with Crippen LogP contribution in [-0.4, -0.2) is 32.4 Å². The monoisotopic (exact) mass is 267 g/mol. The minimum absolute atomic E-state index is 0.0790. The van der Waals surface area contributed by atoms with Gasteiger partial charge in [0.05, 0.1) is 19.8 Å². The molecule has 0 bridgehead atoms. The predicted octanol–water partition coefficient (Wildman–Crippen LogP) is 2.65. The van der Waals surface area contributed by atoms with Crippen LogP contribution in [0.15, 0.2) is 24.3 Å². The maximum Gasteiger partial charge on any atom is 0.134 e. The zero-order chi connectivity index (χ0) is 13.7. The van der Waals surface area contributed by atoms with Crippen LogP contribution in [0.4, 0.5) is 4.39 Å². The second-order valence-corrected chi connectivity index (χ2v) is 5.08. The topological polar surface area (TPSA) is 30.5 Å². The van der Waals surface area contributed by atoms with E-state index in [1.165, 1.54) is 0 Å². The van der Waals surface area contributed by atoms with E-state index in [1.54, 1.807) is 19.1 Å². The summed E-state index contributed by atoms with van der Waals surface area (Å²) in [5.74, 6) is 0.779. The van der Waals surface area contributed by atoms with Gasteiger partial charge in [0.2, 0.25) is 0 Å².